The molecule has 5 heteroatoms. The van der Waals surface area contributed by atoms with Crippen molar-refractivity contribution in [3.8, 4) is 0 Å². The molecule has 2 aliphatic rings. The van der Waals surface area contributed by atoms with Crippen molar-refractivity contribution < 1.29 is 14.7 Å². The zero-order chi connectivity index (χ0) is 14.0. The van der Waals surface area contributed by atoms with E-state index in [1.54, 1.807) is 0 Å². The number of piperidine rings is 1. The van der Waals surface area contributed by atoms with Gasteiger partial charge in [0.15, 0.2) is 0 Å². The topological polar surface area (TPSA) is 69.6 Å². The number of nitrogens with zero attached hydrogens (tertiary/aromatic N) is 1. The standard InChI is InChI=1S/C14H24N2O3/c1-9(2)16(8-14(18)19)13(17)7-10-5-11-3-4-12(6-10)15-11/h9-12,15H,3-8H2,1-2H3,(H,18,19). The second kappa shape index (κ2) is 5.90. The van der Waals surface area contributed by atoms with Crippen LogP contribution < -0.4 is 5.32 Å². The molecule has 2 rings (SSSR count). The highest BCUT2D eigenvalue weighted by atomic mass is 16.4. The molecule has 2 bridgehead atoms. The minimum atomic E-state index is -0.938. The van der Waals surface area contributed by atoms with E-state index in [9.17, 15) is 9.59 Å². The van der Waals surface area contributed by atoms with Crippen LogP contribution in [-0.4, -0.2) is 46.6 Å². The fourth-order valence-electron chi connectivity index (χ4n) is 3.41. The van der Waals surface area contributed by atoms with E-state index < -0.39 is 5.97 Å². The van der Waals surface area contributed by atoms with Crippen LogP contribution in [0.3, 0.4) is 0 Å². The summed E-state index contributed by atoms with van der Waals surface area (Å²) in [4.78, 5) is 24.6. The summed E-state index contributed by atoms with van der Waals surface area (Å²) in [5.74, 6) is -0.530. The quantitative estimate of drug-likeness (QED) is 0.787. The first kappa shape index (κ1) is 14.3. The van der Waals surface area contributed by atoms with Crippen molar-refractivity contribution in [3.05, 3.63) is 0 Å². The number of rotatable bonds is 5. The largest absolute Gasteiger partial charge is 0.480 e. The van der Waals surface area contributed by atoms with E-state index in [4.69, 9.17) is 5.11 Å². The summed E-state index contributed by atoms with van der Waals surface area (Å²) in [6.45, 7) is 3.55. The number of fused-ring (bicyclic) bond motifs is 2. The van der Waals surface area contributed by atoms with E-state index in [-0.39, 0.29) is 18.5 Å². The number of hydrogen-bond donors (Lipinski definition) is 2. The SMILES string of the molecule is CC(C)N(CC(=O)O)C(=O)CC1CC2CCC(C1)N2. The number of hydrogen-bond acceptors (Lipinski definition) is 3. The Morgan fingerprint density at radius 2 is 1.84 bits per heavy atom. The Bertz CT molecular complexity index is 345. The molecule has 5 nitrogen and oxygen atoms in total. The lowest BCUT2D eigenvalue weighted by Crippen LogP contribution is -2.43. The van der Waals surface area contributed by atoms with E-state index in [1.807, 2.05) is 13.8 Å². The average Bonchev–Trinajstić information content (AvgIpc) is 2.65. The summed E-state index contributed by atoms with van der Waals surface area (Å²) in [5.41, 5.74) is 0. The van der Waals surface area contributed by atoms with E-state index in [2.05, 4.69) is 5.32 Å². The molecule has 0 saturated carbocycles. The average molecular weight is 268 g/mol. The van der Waals surface area contributed by atoms with Crippen LogP contribution in [0.2, 0.25) is 0 Å². The Morgan fingerprint density at radius 3 is 2.32 bits per heavy atom. The van der Waals surface area contributed by atoms with Gasteiger partial charge in [0.25, 0.3) is 0 Å². The number of carboxylic acid groups (broad SMARTS) is 1. The van der Waals surface area contributed by atoms with Crippen molar-refractivity contribution in [2.24, 2.45) is 5.92 Å². The summed E-state index contributed by atoms with van der Waals surface area (Å²) in [5, 5.41) is 12.4. The lowest BCUT2D eigenvalue weighted by atomic mass is 9.89. The Balaban J connectivity index is 1.89. The van der Waals surface area contributed by atoms with Crippen LogP contribution in [0.15, 0.2) is 0 Å². The fourth-order valence-corrected chi connectivity index (χ4v) is 3.41. The van der Waals surface area contributed by atoms with Gasteiger partial charge in [-0.05, 0) is 45.4 Å². The van der Waals surface area contributed by atoms with Gasteiger partial charge < -0.3 is 15.3 Å². The van der Waals surface area contributed by atoms with Gasteiger partial charge in [-0.2, -0.15) is 0 Å². The van der Waals surface area contributed by atoms with Gasteiger partial charge in [0.1, 0.15) is 6.54 Å². The summed E-state index contributed by atoms with van der Waals surface area (Å²) in [7, 11) is 0. The van der Waals surface area contributed by atoms with Crippen LogP contribution in [0, 0.1) is 5.92 Å². The second-order valence-electron chi connectivity index (χ2n) is 6.19. The van der Waals surface area contributed by atoms with E-state index >= 15 is 0 Å². The predicted molar refractivity (Wildman–Crippen MR) is 71.8 cm³/mol. The first-order chi connectivity index (χ1) is 8.95. The molecule has 2 atom stereocenters. The van der Waals surface area contributed by atoms with E-state index in [0.29, 0.717) is 24.4 Å². The highest BCUT2D eigenvalue weighted by Crippen LogP contribution is 2.33. The van der Waals surface area contributed by atoms with Crippen LogP contribution >= 0.6 is 0 Å². The third-order valence-electron chi connectivity index (χ3n) is 4.28. The van der Waals surface area contributed by atoms with Crippen molar-refractivity contribution in [2.75, 3.05) is 6.54 Å². The summed E-state index contributed by atoms with van der Waals surface area (Å²) >= 11 is 0. The summed E-state index contributed by atoms with van der Waals surface area (Å²) in [6, 6.07) is 1.09. The third-order valence-corrected chi connectivity index (χ3v) is 4.28. The highest BCUT2D eigenvalue weighted by Gasteiger charge is 2.35. The summed E-state index contributed by atoms with van der Waals surface area (Å²) in [6.07, 6.45) is 5.05. The normalized spacial score (nSPS) is 29.5. The molecular weight excluding hydrogens is 244 g/mol. The van der Waals surface area contributed by atoms with E-state index in [0.717, 1.165) is 12.8 Å². The Labute approximate surface area is 114 Å². The maximum absolute atomic E-state index is 12.3. The van der Waals surface area contributed by atoms with Crippen LogP contribution in [-0.2, 0) is 9.59 Å². The number of aliphatic carboxylic acids is 1. The molecular formula is C14H24N2O3. The van der Waals surface area contributed by atoms with Gasteiger partial charge in [-0.25, -0.2) is 0 Å². The molecule has 2 heterocycles. The second-order valence-corrected chi connectivity index (χ2v) is 6.19. The Morgan fingerprint density at radius 1 is 1.26 bits per heavy atom. The Hall–Kier alpha value is -1.10. The zero-order valence-corrected chi connectivity index (χ0v) is 11.8. The minimum absolute atomic E-state index is 0.0105. The molecule has 108 valence electrons. The fraction of sp³-hybridized carbons (Fsp3) is 0.857. The van der Waals surface area contributed by atoms with Gasteiger partial charge in [0, 0.05) is 24.5 Å². The van der Waals surface area contributed by atoms with Crippen molar-refractivity contribution >= 4 is 11.9 Å². The predicted octanol–water partition coefficient (Wildman–Crippen LogP) is 1.23. The maximum atomic E-state index is 12.3. The van der Waals surface area contributed by atoms with Crippen molar-refractivity contribution in [3.63, 3.8) is 0 Å². The number of carboxylic acids is 1. The molecule has 0 aliphatic carbocycles. The van der Waals surface area contributed by atoms with Crippen molar-refractivity contribution in [2.45, 2.75) is 64.1 Å². The van der Waals surface area contributed by atoms with Gasteiger partial charge in [-0.15, -0.1) is 0 Å². The molecule has 2 aliphatic heterocycles. The van der Waals surface area contributed by atoms with Gasteiger partial charge in [-0.1, -0.05) is 0 Å². The molecule has 0 aromatic carbocycles. The van der Waals surface area contributed by atoms with E-state index in [1.165, 1.54) is 17.7 Å². The summed E-state index contributed by atoms with van der Waals surface area (Å²) < 4.78 is 0. The minimum Gasteiger partial charge on any atom is -0.480 e. The smallest absolute Gasteiger partial charge is 0.323 e. The molecule has 0 spiro atoms. The van der Waals surface area contributed by atoms with Gasteiger partial charge in [0.05, 0.1) is 0 Å². The molecule has 1 amide bonds. The first-order valence-corrected chi connectivity index (χ1v) is 7.23. The molecule has 2 unspecified atom stereocenters. The molecule has 2 N–H and O–H groups in total. The number of nitrogens with one attached hydrogen (secondary N) is 1. The van der Waals surface area contributed by atoms with Crippen LogP contribution in [0.5, 0.6) is 0 Å². The van der Waals surface area contributed by atoms with Gasteiger partial charge >= 0.3 is 5.97 Å². The van der Waals surface area contributed by atoms with Crippen LogP contribution in [0.25, 0.3) is 0 Å². The first-order valence-electron chi connectivity index (χ1n) is 7.23. The molecule has 0 aromatic rings. The lowest BCUT2D eigenvalue weighted by molar-refractivity contribution is -0.146. The Kier molecular flexibility index (Phi) is 4.45. The van der Waals surface area contributed by atoms with Crippen LogP contribution in [0.4, 0.5) is 0 Å². The van der Waals surface area contributed by atoms with Gasteiger partial charge in [-0.3, -0.25) is 9.59 Å². The molecule has 0 radical (unpaired) electrons. The van der Waals surface area contributed by atoms with Gasteiger partial charge in [0.2, 0.25) is 5.91 Å². The lowest BCUT2D eigenvalue weighted by Gasteiger charge is -2.31. The number of carbonyl (C=O) groups excluding carboxylic acids is 1. The maximum Gasteiger partial charge on any atom is 0.323 e. The monoisotopic (exact) mass is 268 g/mol. The highest BCUT2D eigenvalue weighted by molar-refractivity contribution is 5.81. The molecule has 0 aromatic heterocycles. The zero-order valence-electron chi connectivity index (χ0n) is 11.8. The number of carbonyl (C=O) groups is 2. The third kappa shape index (κ3) is 3.69. The number of amides is 1. The van der Waals surface area contributed by atoms with Crippen molar-refractivity contribution in [1.82, 2.24) is 10.2 Å². The van der Waals surface area contributed by atoms with Crippen molar-refractivity contribution in [1.29, 1.82) is 0 Å². The molecule has 2 fully saturated rings. The molecule has 2 saturated heterocycles. The molecule has 19 heavy (non-hydrogen) atoms. The van der Waals surface area contributed by atoms with Crippen LogP contribution in [0.1, 0.15) is 46.0 Å².